The SMILES string of the molecule is CN1CCN(c2cc(N3CCCC(N4CCCC4)CC3)ncn2)CC1=O. The number of hydrogen-bond acceptors (Lipinski definition) is 6. The zero-order valence-electron chi connectivity index (χ0n) is 15.8. The highest BCUT2D eigenvalue weighted by Gasteiger charge is 2.26. The van der Waals surface area contributed by atoms with Gasteiger partial charge in [0.1, 0.15) is 18.0 Å². The fourth-order valence-electron chi connectivity index (χ4n) is 4.42. The van der Waals surface area contributed by atoms with Crippen molar-refractivity contribution >= 4 is 17.5 Å². The van der Waals surface area contributed by atoms with E-state index in [9.17, 15) is 4.79 Å². The van der Waals surface area contributed by atoms with Crippen LogP contribution in [-0.4, -0.2) is 84.6 Å². The van der Waals surface area contributed by atoms with Gasteiger partial charge >= 0.3 is 0 Å². The topological polar surface area (TPSA) is 55.8 Å². The molecule has 1 atom stereocenters. The van der Waals surface area contributed by atoms with Crippen molar-refractivity contribution in [2.24, 2.45) is 0 Å². The van der Waals surface area contributed by atoms with Crippen molar-refractivity contribution in [3.63, 3.8) is 0 Å². The van der Waals surface area contributed by atoms with Crippen LogP contribution in [-0.2, 0) is 4.79 Å². The number of likely N-dealkylation sites (N-methyl/N-ethyl adjacent to an activating group) is 1. The summed E-state index contributed by atoms with van der Waals surface area (Å²) < 4.78 is 0. The Balaban J connectivity index is 1.42. The van der Waals surface area contributed by atoms with E-state index in [0.717, 1.165) is 43.9 Å². The number of anilines is 2. The van der Waals surface area contributed by atoms with Gasteiger partial charge in [-0.1, -0.05) is 0 Å². The minimum absolute atomic E-state index is 0.152. The summed E-state index contributed by atoms with van der Waals surface area (Å²) in [6.45, 7) is 6.65. The van der Waals surface area contributed by atoms with Crippen LogP contribution < -0.4 is 9.80 Å². The average Bonchev–Trinajstić information content (AvgIpc) is 3.09. The average molecular weight is 358 g/mol. The second-order valence-corrected chi connectivity index (χ2v) is 7.79. The van der Waals surface area contributed by atoms with Crippen LogP contribution in [0.3, 0.4) is 0 Å². The maximum atomic E-state index is 12.0. The van der Waals surface area contributed by atoms with Crippen molar-refractivity contribution in [1.29, 1.82) is 0 Å². The van der Waals surface area contributed by atoms with Crippen LogP contribution in [0.1, 0.15) is 32.1 Å². The molecular weight excluding hydrogens is 328 g/mol. The molecule has 0 saturated carbocycles. The van der Waals surface area contributed by atoms with Crippen molar-refractivity contribution < 1.29 is 4.79 Å². The van der Waals surface area contributed by atoms with Gasteiger partial charge in [-0.25, -0.2) is 9.97 Å². The lowest BCUT2D eigenvalue weighted by molar-refractivity contribution is -0.129. The van der Waals surface area contributed by atoms with Gasteiger partial charge in [0.15, 0.2) is 0 Å². The molecule has 0 aliphatic carbocycles. The maximum absolute atomic E-state index is 12.0. The number of hydrogen-bond donors (Lipinski definition) is 0. The Labute approximate surface area is 156 Å². The van der Waals surface area contributed by atoms with Crippen LogP contribution in [0.25, 0.3) is 0 Å². The highest BCUT2D eigenvalue weighted by atomic mass is 16.2. The third kappa shape index (κ3) is 3.77. The Bertz CT molecular complexity index is 632. The summed E-state index contributed by atoms with van der Waals surface area (Å²) >= 11 is 0. The molecule has 0 N–H and O–H groups in total. The summed E-state index contributed by atoms with van der Waals surface area (Å²) in [5.74, 6) is 2.03. The molecule has 1 amide bonds. The Morgan fingerprint density at radius 1 is 0.885 bits per heavy atom. The van der Waals surface area contributed by atoms with Crippen LogP contribution in [0.2, 0.25) is 0 Å². The zero-order chi connectivity index (χ0) is 17.9. The summed E-state index contributed by atoms with van der Waals surface area (Å²) in [6, 6.07) is 2.80. The Morgan fingerprint density at radius 2 is 1.65 bits per heavy atom. The number of amides is 1. The van der Waals surface area contributed by atoms with E-state index in [0.29, 0.717) is 6.54 Å². The molecule has 142 valence electrons. The number of likely N-dealkylation sites (tertiary alicyclic amines) is 1. The van der Waals surface area contributed by atoms with Crippen molar-refractivity contribution in [3.8, 4) is 0 Å². The summed E-state index contributed by atoms with van der Waals surface area (Å²) in [4.78, 5) is 29.9. The maximum Gasteiger partial charge on any atom is 0.241 e. The monoisotopic (exact) mass is 358 g/mol. The second kappa shape index (κ2) is 7.78. The summed E-state index contributed by atoms with van der Waals surface area (Å²) in [6.07, 6.45) is 8.09. The predicted octanol–water partition coefficient (Wildman–Crippen LogP) is 1.21. The molecular formula is C19H30N6O. The second-order valence-electron chi connectivity index (χ2n) is 7.79. The van der Waals surface area contributed by atoms with Crippen molar-refractivity contribution in [2.45, 2.75) is 38.1 Å². The lowest BCUT2D eigenvalue weighted by atomic mass is 10.1. The molecule has 3 aliphatic heterocycles. The lowest BCUT2D eigenvalue weighted by Crippen LogP contribution is -2.48. The van der Waals surface area contributed by atoms with E-state index in [4.69, 9.17) is 0 Å². The summed E-state index contributed by atoms with van der Waals surface area (Å²) in [7, 11) is 1.86. The molecule has 4 rings (SSSR count). The van der Waals surface area contributed by atoms with Crippen molar-refractivity contribution in [3.05, 3.63) is 12.4 Å². The molecule has 3 aliphatic rings. The molecule has 3 fully saturated rings. The molecule has 0 radical (unpaired) electrons. The van der Waals surface area contributed by atoms with E-state index >= 15 is 0 Å². The van der Waals surface area contributed by atoms with Crippen molar-refractivity contribution in [2.75, 3.05) is 62.7 Å². The van der Waals surface area contributed by atoms with Gasteiger partial charge in [0.2, 0.25) is 5.91 Å². The minimum atomic E-state index is 0.152. The van der Waals surface area contributed by atoms with E-state index < -0.39 is 0 Å². The van der Waals surface area contributed by atoms with E-state index in [1.54, 1.807) is 11.2 Å². The number of nitrogens with zero attached hydrogens (tertiary/aromatic N) is 6. The predicted molar refractivity (Wildman–Crippen MR) is 103 cm³/mol. The lowest BCUT2D eigenvalue weighted by Gasteiger charge is -2.33. The zero-order valence-corrected chi connectivity index (χ0v) is 15.8. The van der Waals surface area contributed by atoms with Gasteiger partial charge in [-0.3, -0.25) is 4.79 Å². The number of piperazine rings is 1. The largest absolute Gasteiger partial charge is 0.356 e. The first kappa shape index (κ1) is 17.5. The molecule has 7 heteroatoms. The highest BCUT2D eigenvalue weighted by Crippen LogP contribution is 2.25. The van der Waals surface area contributed by atoms with Gasteiger partial charge in [-0.2, -0.15) is 0 Å². The Morgan fingerprint density at radius 3 is 2.42 bits per heavy atom. The van der Waals surface area contributed by atoms with Gasteiger partial charge in [0, 0.05) is 45.3 Å². The Kier molecular flexibility index (Phi) is 5.24. The molecule has 26 heavy (non-hydrogen) atoms. The third-order valence-electron chi connectivity index (χ3n) is 6.10. The third-order valence-corrected chi connectivity index (χ3v) is 6.10. The van der Waals surface area contributed by atoms with Crippen LogP contribution in [0.5, 0.6) is 0 Å². The summed E-state index contributed by atoms with van der Waals surface area (Å²) in [5.41, 5.74) is 0. The van der Waals surface area contributed by atoms with E-state index in [1.807, 2.05) is 7.05 Å². The molecule has 7 nitrogen and oxygen atoms in total. The first-order valence-electron chi connectivity index (χ1n) is 10.0. The molecule has 0 bridgehead atoms. The fraction of sp³-hybridized carbons (Fsp3) is 0.737. The van der Waals surface area contributed by atoms with Gasteiger partial charge in [-0.05, 0) is 45.2 Å². The standard InChI is InChI=1S/C19H30N6O/c1-22-11-12-25(14-19(22)26)18-13-17(20-15-21-18)24-9-4-5-16(6-10-24)23-7-2-3-8-23/h13,15-16H,2-12,14H2,1H3. The highest BCUT2D eigenvalue weighted by molar-refractivity contribution is 5.82. The van der Waals surface area contributed by atoms with Crippen LogP contribution in [0.15, 0.2) is 12.4 Å². The number of rotatable bonds is 3. The minimum Gasteiger partial charge on any atom is -0.356 e. The van der Waals surface area contributed by atoms with Crippen molar-refractivity contribution in [1.82, 2.24) is 19.8 Å². The first-order valence-corrected chi connectivity index (χ1v) is 10.0. The van der Waals surface area contributed by atoms with E-state index in [1.165, 1.54) is 45.2 Å². The molecule has 3 saturated heterocycles. The molecule has 0 aromatic carbocycles. The van der Waals surface area contributed by atoms with Gasteiger partial charge in [0.25, 0.3) is 0 Å². The Hall–Kier alpha value is -1.89. The van der Waals surface area contributed by atoms with Crippen LogP contribution in [0, 0.1) is 0 Å². The number of carbonyl (C=O) groups is 1. The summed E-state index contributed by atoms with van der Waals surface area (Å²) in [5, 5.41) is 0. The quantitative estimate of drug-likeness (QED) is 0.810. The smallest absolute Gasteiger partial charge is 0.241 e. The van der Waals surface area contributed by atoms with Crippen LogP contribution >= 0.6 is 0 Å². The van der Waals surface area contributed by atoms with Gasteiger partial charge in [0.05, 0.1) is 6.54 Å². The number of aromatic nitrogens is 2. The molecule has 1 aromatic heterocycles. The van der Waals surface area contributed by atoms with Gasteiger partial charge in [-0.15, -0.1) is 0 Å². The normalized spacial score (nSPS) is 25.7. The van der Waals surface area contributed by atoms with Gasteiger partial charge < -0.3 is 19.6 Å². The molecule has 4 heterocycles. The molecule has 0 spiro atoms. The first-order chi connectivity index (χ1) is 12.7. The van der Waals surface area contributed by atoms with E-state index in [2.05, 4.69) is 30.7 Å². The molecule has 1 aromatic rings. The fourth-order valence-corrected chi connectivity index (χ4v) is 4.42. The van der Waals surface area contributed by atoms with E-state index in [-0.39, 0.29) is 5.91 Å². The van der Waals surface area contributed by atoms with Crippen LogP contribution in [0.4, 0.5) is 11.6 Å². The molecule has 1 unspecified atom stereocenters. The number of carbonyl (C=O) groups excluding carboxylic acids is 1.